The van der Waals surface area contributed by atoms with E-state index in [9.17, 15) is 8.42 Å². The molecule has 15 heavy (non-hydrogen) atoms. The first kappa shape index (κ1) is 14.9. The summed E-state index contributed by atoms with van der Waals surface area (Å²) >= 11 is 0. The van der Waals surface area contributed by atoms with E-state index in [1.165, 1.54) is 0 Å². The van der Waals surface area contributed by atoms with Gasteiger partial charge < -0.3 is 0 Å². The smallest absolute Gasteiger partial charge is 0.212 e. The fraction of sp³-hybridized carbons (Fsp3) is 1.00. The summed E-state index contributed by atoms with van der Waals surface area (Å²) in [7, 11) is -3.15. The molecule has 3 nitrogen and oxygen atoms in total. The summed E-state index contributed by atoms with van der Waals surface area (Å²) in [4.78, 5) is 0. The molecule has 0 bridgehead atoms. The van der Waals surface area contributed by atoms with E-state index in [1.807, 2.05) is 48.5 Å². The van der Waals surface area contributed by atoms with Gasteiger partial charge in [0.25, 0.3) is 0 Å². The lowest BCUT2D eigenvalue weighted by Crippen LogP contribution is -2.47. The SMILES string of the molecule is CCN(C(C)(C)C)S(=O)(=O)CC(C)(C)C. The molecule has 0 fully saturated rings. The molecular formula is C11H25NO2S. The summed E-state index contributed by atoms with van der Waals surface area (Å²) in [5.74, 6) is 0.200. The molecule has 0 saturated heterocycles. The zero-order valence-electron chi connectivity index (χ0n) is 11.1. The van der Waals surface area contributed by atoms with Gasteiger partial charge in [0.05, 0.1) is 5.75 Å². The van der Waals surface area contributed by atoms with Crippen LogP contribution in [0.5, 0.6) is 0 Å². The molecule has 0 aromatic rings. The molecule has 0 atom stereocenters. The standard InChI is InChI=1S/C11H25NO2S/c1-8-12(11(5,6)7)15(13,14)9-10(2,3)4/h8-9H2,1-7H3. The Hall–Kier alpha value is -0.0900. The average Bonchev–Trinajstić information content (AvgIpc) is 1.75. The zero-order chi connectivity index (χ0) is 12.5. The molecule has 0 N–H and O–H groups in total. The molecule has 0 aromatic carbocycles. The van der Waals surface area contributed by atoms with Crippen LogP contribution in [0.4, 0.5) is 0 Å². The maximum absolute atomic E-state index is 12.2. The topological polar surface area (TPSA) is 37.4 Å². The highest BCUT2D eigenvalue weighted by atomic mass is 32.2. The van der Waals surface area contributed by atoms with Gasteiger partial charge in [-0.25, -0.2) is 8.42 Å². The van der Waals surface area contributed by atoms with E-state index in [4.69, 9.17) is 0 Å². The molecule has 0 saturated carbocycles. The van der Waals surface area contributed by atoms with Crippen molar-refractivity contribution in [3.63, 3.8) is 0 Å². The van der Waals surface area contributed by atoms with E-state index in [-0.39, 0.29) is 16.7 Å². The highest BCUT2D eigenvalue weighted by molar-refractivity contribution is 7.89. The third-order valence-electron chi connectivity index (χ3n) is 1.99. The number of rotatable bonds is 3. The van der Waals surface area contributed by atoms with Gasteiger partial charge >= 0.3 is 0 Å². The number of hydrogen-bond donors (Lipinski definition) is 0. The van der Waals surface area contributed by atoms with E-state index < -0.39 is 10.0 Å². The zero-order valence-corrected chi connectivity index (χ0v) is 11.9. The molecule has 4 heteroatoms. The second-order valence-corrected chi connectivity index (χ2v) is 8.05. The number of sulfonamides is 1. The normalized spacial score (nSPS) is 14.7. The summed E-state index contributed by atoms with van der Waals surface area (Å²) in [6, 6.07) is 0. The Morgan fingerprint density at radius 2 is 1.40 bits per heavy atom. The molecule has 0 spiro atoms. The lowest BCUT2D eigenvalue weighted by Gasteiger charge is -2.35. The van der Waals surface area contributed by atoms with Crippen molar-refractivity contribution in [2.45, 2.75) is 54.0 Å². The third kappa shape index (κ3) is 4.98. The van der Waals surface area contributed by atoms with Crippen LogP contribution < -0.4 is 0 Å². The Bertz CT molecular complexity index is 294. The molecule has 0 aliphatic carbocycles. The molecule has 0 amide bonds. The Morgan fingerprint density at radius 1 is 1.00 bits per heavy atom. The lowest BCUT2D eigenvalue weighted by atomic mass is 10.0. The quantitative estimate of drug-likeness (QED) is 0.753. The van der Waals surface area contributed by atoms with Crippen LogP contribution in [0.2, 0.25) is 0 Å². The minimum absolute atomic E-state index is 0.197. The molecule has 0 aliphatic heterocycles. The van der Waals surface area contributed by atoms with Gasteiger partial charge in [-0.05, 0) is 26.2 Å². The molecule has 92 valence electrons. The van der Waals surface area contributed by atoms with Crippen LogP contribution in [0.3, 0.4) is 0 Å². The van der Waals surface area contributed by atoms with Crippen LogP contribution in [-0.4, -0.2) is 30.6 Å². The van der Waals surface area contributed by atoms with Gasteiger partial charge in [0.15, 0.2) is 0 Å². The highest BCUT2D eigenvalue weighted by Gasteiger charge is 2.33. The summed E-state index contributed by atoms with van der Waals surface area (Å²) in [6.07, 6.45) is 0. The Morgan fingerprint density at radius 3 is 1.60 bits per heavy atom. The van der Waals surface area contributed by atoms with Crippen LogP contribution in [0.25, 0.3) is 0 Å². The van der Waals surface area contributed by atoms with E-state index >= 15 is 0 Å². The largest absolute Gasteiger partial charge is 0.215 e. The Labute approximate surface area is 94.9 Å². The maximum Gasteiger partial charge on any atom is 0.215 e. The first-order valence-corrected chi connectivity index (χ1v) is 7.01. The van der Waals surface area contributed by atoms with Gasteiger partial charge in [0.2, 0.25) is 10.0 Å². The molecule has 0 aromatic heterocycles. The van der Waals surface area contributed by atoms with Crippen molar-refractivity contribution in [3.8, 4) is 0 Å². The van der Waals surface area contributed by atoms with Crippen LogP contribution in [-0.2, 0) is 10.0 Å². The number of nitrogens with zero attached hydrogens (tertiary/aromatic N) is 1. The van der Waals surface area contributed by atoms with Gasteiger partial charge in [0.1, 0.15) is 0 Å². The predicted molar refractivity (Wildman–Crippen MR) is 65.4 cm³/mol. The second-order valence-electron chi connectivity index (χ2n) is 6.15. The molecule has 0 radical (unpaired) electrons. The summed E-state index contributed by atoms with van der Waals surface area (Å²) in [6.45, 7) is 14.0. The van der Waals surface area contributed by atoms with Gasteiger partial charge in [-0.3, -0.25) is 0 Å². The summed E-state index contributed by atoms with van der Waals surface area (Å²) < 4.78 is 25.9. The average molecular weight is 235 g/mol. The number of hydrogen-bond acceptors (Lipinski definition) is 2. The van der Waals surface area contributed by atoms with Crippen LogP contribution in [0.15, 0.2) is 0 Å². The molecular weight excluding hydrogens is 210 g/mol. The molecule has 0 heterocycles. The van der Waals surface area contributed by atoms with Crippen molar-refractivity contribution >= 4 is 10.0 Å². The van der Waals surface area contributed by atoms with Crippen molar-refractivity contribution in [3.05, 3.63) is 0 Å². The summed E-state index contributed by atoms with van der Waals surface area (Å²) in [5, 5.41) is 0. The van der Waals surface area contributed by atoms with Crippen LogP contribution >= 0.6 is 0 Å². The van der Waals surface area contributed by atoms with Crippen molar-refractivity contribution in [2.75, 3.05) is 12.3 Å². The first-order chi connectivity index (χ1) is 6.40. The van der Waals surface area contributed by atoms with Crippen molar-refractivity contribution < 1.29 is 8.42 Å². The van der Waals surface area contributed by atoms with Crippen molar-refractivity contribution in [1.29, 1.82) is 0 Å². The fourth-order valence-corrected chi connectivity index (χ4v) is 4.19. The van der Waals surface area contributed by atoms with E-state index in [2.05, 4.69) is 0 Å². The van der Waals surface area contributed by atoms with Crippen LogP contribution in [0, 0.1) is 5.41 Å². The Balaban J connectivity index is 5.02. The molecule has 0 rings (SSSR count). The van der Waals surface area contributed by atoms with Gasteiger partial charge in [0, 0.05) is 12.1 Å². The third-order valence-corrected chi connectivity index (χ3v) is 4.69. The maximum atomic E-state index is 12.2. The second kappa shape index (κ2) is 4.42. The van der Waals surface area contributed by atoms with E-state index in [0.29, 0.717) is 6.54 Å². The monoisotopic (exact) mass is 235 g/mol. The molecule has 0 aliphatic rings. The minimum Gasteiger partial charge on any atom is -0.212 e. The first-order valence-electron chi connectivity index (χ1n) is 5.41. The fourth-order valence-electron chi connectivity index (χ4n) is 1.71. The van der Waals surface area contributed by atoms with Gasteiger partial charge in [-0.15, -0.1) is 0 Å². The van der Waals surface area contributed by atoms with Gasteiger partial charge in [-0.2, -0.15) is 4.31 Å². The minimum atomic E-state index is -3.15. The van der Waals surface area contributed by atoms with Crippen molar-refractivity contribution in [1.82, 2.24) is 4.31 Å². The molecule has 0 unspecified atom stereocenters. The van der Waals surface area contributed by atoms with E-state index in [1.54, 1.807) is 4.31 Å². The highest BCUT2D eigenvalue weighted by Crippen LogP contribution is 2.24. The van der Waals surface area contributed by atoms with Crippen molar-refractivity contribution in [2.24, 2.45) is 5.41 Å². The predicted octanol–water partition coefficient (Wildman–Crippen LogP) is 2.48. The van der Waals surface area contributed by atoms with Crippen LogP contribution in [0.1, 0.15) is 48.5 Å². The van der Waals surface area contributed by atoms with E-state index in [0.717, 1.165) is 0 Å². The Kier molecular flexibility index (Phi) is 4.39. The lowest BCUT2D eigenvalue weighted by molar-refractivity contribution is 0.255. The summed E-state index contributed by atoms with van der Waals surface area (Å²) in [5.41, 5.74) is -0.531. The van der Waals surface area contributed by atoms with Gasteiger partial charge in [-0.1, -0.05) is 27.7 Å².